The molecule has 0 bridgehead atoms. The normalized spacial score (nSPS) is 11.3. The Morgan fingerprint density at radius 1 is 0.724 bits per heavy atom. The van der Waals surface area contributed by atoms with Gasteiger partial charge < -0.3 is 16.0 Å². The number of para-hydroxylation sites is 1. The van der Waals surface area contributed by atoms with Crippen LogP contribution in [0.1, 0.15) is 31.2 Å². The van der Waals surface area contributed by atoms with Crippen LogP contribution in [0.5, 0.6) is 0 Å². The molecule has 3 aromatic rings. The van der Waals surface area contributed by atoms with E-state index >= 15 is 0 Å². The summed E-state index contributed by atoms with van der Waals surface area (Å²) < 4.78 is 0. The van der Waals surface area contributed by atoms with Crippen LogP contribution in [-0.4, -0.2) is 11.9 Å². The van der Waals surface area contributed by atoms with Gasteiger partial charge in [0.25, 0.3) is 0 Å². The Balaban J connectivity index is 1.65. The lowest BCUT2D eigenvalue weighted by Crippen LogP contribution is -2.22. The Morgan fingerprint density at radius 2 is 1.28 bits per heavy atom. The van der Waals surface area contributed by atoms with Crippen LogP contribution in [0.3, 0.4) is 0 Å². The molecule has 0 unspecified atom stereocenters. The van der Waals surface area contributed by atoms with E-state index in [1.165, 1.54) is 0 Å². The second-order valence-electron chi connectivity index (χ2n) is 6.77. The van der Waals surface area contributed by atoms with Crippen LogP contribution in [0.15, 0.2) is 84.9 Å². The van der Waals surface area contributed by atoms with Crippen LogP contribution in [0.4, 0.5) is 21.9 Å². The Hall–Kier alpha value is -3.60. The standard InChI is InChI=1S/C24H25N3O2/c1-2-10-22(18-11-5-3-6-12-18)23(28)25-20-15-9-16-21(17-20)27-24(29)26-19-13-7-4-8-14-19/h3-9,11-17,22H,2,10H2,1H3,(H,25,28)(H2,26,27,29)/t22-/m1/s1. The molecule has 3 amide bonds. The molecule has 1 atom stereocenters. The zero-order valence-corrected chi connectivity index (χ0v) is 16.4. The first-order valence-electron chi connectivity index (χ1n) is 9.74. The van der Waals surface area contributed by atoms with Gasteiger partial charge in [-0.2, -0.15) is 0 Å². The van der Waals surface area contributed by atoms with E-state index in [-0.39, 0.29) is 17.9 Å². The van der Waals surface area contributed by atoms with Crippen molar-refractivity contribution in [1.82, 2.24) is 0 Å². The SMILES string of the molecule is CCC[C@@H](C(=O)Nc1cccc(NC(=O)Nc2ccccc2)c1)c1ccccc1. The van der Waals surface area contributed by atoms with E-state index in [1.807, 2.05) is 66.7 Å². The van der Waals surface area contributed by atoms with Crippen molar-refractivity contribution in [3.63, 3.8) is 0 Å². The van der Waals surface area contributed by atoms with Crippen LogP contribution in [-0.2, 0) is 4.79 Å². The maximum Gasteiger partial charge on any atom is 0.323 e. The molecule has 3 aromatic carbocycles. The topological polar surface area (TPSA) is 70.2 Å². The molecule has 3 N–H and O–H groups in total. The number of urea groups is 1. The van der Waals surface area contributed by atoms with E-state index in [0.29, 0.717) is 17.1 Å². The fourth-order valence-electron chi connectivity index (χ4n) is 3.14. The van der Waals surface area contributed by atoms with Gasteiger partial charge in [-0.15, -0.1) is 0 Å². The number of rotatable bonds is 7. The van der Waals surface area contributed by atoms with Crippen molar-refractivity contribution in [2.24, 2.45) is 0 Å². The summed E-state index contributed by atoms with van der Waals surface area (Å²) >= 11 is 0. The molecule has 3 rings (SSSR count). The molecule has 0 heterocycles. The quantitative estimate of drug-likeness (QED) is 0.476. The van der Waals surface area contributed by atoms with Gasteiger partial charge in [-0.25, -0.2) is 4.79 Å². The van der Waals surface area contributed by atoms with Crippen molar-refractivity contribution in [2.45, 2.75) is 25.7 Å². The Morgan fingerprint density at radius 3 is 1.93 bits per heavy atom. The Kier molecular flexibility index (Phi) is 7.00. The van der Waals surface area contributed by atoms with Crippen molar-refractivity contribution in [3.05, 3.63) is 90.5 Å². The first kappa shape index (κ1) is 20.1. The monoisotopic (exact) mass is 387 g/mol. The minimum Gasteiger partial charge on any atom is -0.325 e. The Bertz CT molecular complexity index is 943. The molecule has 0 spiro atoms. The lowest BCUT2D eigenvalue weighted by molar-refractivity contribution is -0.117. The highest BCUT2D eigenvalue weighted by molar-refractivity contribution is 6.01. The minimum atomic E-state index is -0.340. The highest BCUT2D eigenvalue weighted by Gasteiger charge is 2.19. The molecule has 0 radical (unpaired) electrons. The smallest absolute Gasteiger partial charge is 0.323 e. The molecule has 0 aromatic heterocycles. The maximum atomic E-state index is 12.9. The molecule has 0 aliphatic rings. The summed E-state index contributed by atoms with van der Waals surface area (Å²) in [5.41, 5.74) is 2.95. The van der Waals surface area contributed by atoms with Gasteiger partial charge in [-0.3, -0.25) is 4.79 Å². The molecule has 29 heavy (non-hydrogen) atoms. The van der Waals surface area contributed by atoms with Gasteiger partial charge in [0.2, 0.25) is 5.91 Å². The van der Waals surface area contributed by atoms with Gasteiger partial charge in [0.15, 0.2) is 0 Å². The molecule has 0 saturated carbocycles. The first-order valence-corrected chi connectivity index (χ1v) is 9.74. The predicted molar refractivity (Wildman–Crippen MR) is 118 cm³/mol. The lowest BCUT2D eigenvalue weighted by Gasteiger charge is -2.17. The number of benzene rings is 3. The third-order valence-electron chi connectivity index (χ3n) is 4.52. The molecular weight excluding hydrogens is 362 g/mol. The zero-order chi connectivity index (χ0) is 20.5. The van der Waals surface area contributed by atoms with Gasteiger partial charge in [-0.05, 0) is 42.3 Å². The second kappa shape index (κ2) is 10.1. The van der Waals surface area contributed by atoms with Crippen molar-refractivity contribution in [2.75, 3.05) is 16.0 Å². The number of nitrogens with one attached hydrogen (secondary N) is 3. The van der Waals surface area contributed by atoms with Crippen LogP contribution in [0.25, 0.3) is 0 Å². The van der Waals surface area contributed by atoms with Crippen LogP contribution in [0.2, 0.25) is 0 Å². The zero-order valence-electron chi connectivity index (χ0n) is 16.4. The van der Waals surface area contributed by atoms with Crippen LogP contribution < -0.4 is 16.0 Å². The molecule has 0 fully saturated rings. The largest absolute Gasteiger partial charge is 0.325 e. The number of hydrogen-bond donors (Lipinski definition) is 3. The second-order valence-corrected chi connectivity index (χ2v) is 6.77. The Labute approximate surface area is 171 Å². The predicted octanol–water partition coefficient (Wildman–Crippen LogP) is 5.85. The number of carbonyl (C=O) groups is 2. The summed E-state index contributed by atoms with van der Waals surface area (Å²) in [7, 11) is 0. The van der Waals surface area contributed by atoms with Gasteiger partial charge in [0.05, 0.1) is 5.92 Å². The average molecular weight is 387 g/mol. The van der Waals surface area contributed by atoms with E-state index in [1.54, 1.807) is 18.2 Å². The van der Waals surface area contributed by atoms with Crippen molar-refractivity contribution in [1.29, 1.82) is 0 Å². The fourth-order valence-corrected chi connectivity index (χ4v) is 3.14. The third kappa shape index (κ3) is 5.94. The summed E-state index contributed by atoms with van der Waals surface area (Å²) in [4.78, 5) is 25.1. The third-order valence-corrected chi connectivity index (χ3v) is 4.52. The summed E-state index contributed by atoms with van der Waals surface area (Å²) in [5.74, 6) is -0.261. The highest BCUT2D eigenvalue weighted by atomic mass is 16.2. The maximum absolute atomic E-state index is 12.9. The van der Waals surface area contributed by atoms with Crippen molar-refractivity contribution < 1.29 is 9.59 Å². The summed E-state index contributed by atoms with van der Waals surface area (Å²) in [5, 5.41) is 8.54. The molecule has 0 aliphatic carbocycles. The minimum absolute atomic E-state index is 0.0519. The molecular formula is C24H25N3O2. The van der Waals surface area contributed by atoms with Crippen molar-refractivity contribution in [3.8, 4) is 0 Å². The van der Waals surface area contributed by atoms with Gasteiger partial charge >= 0.3 is 6.03 Å². The van der Waals surface area contributed by atoms with Crippen molar-refractivity contribution >= 4 is 29.0 Å². The van der Waals surface area contributed by atoms with Gasteiger partial charge in [-0.1, -0.05) is 67.9 Å². The molecule has 0 aliphatic heterocycles. The average Bonchev–Trinajstić information content (AvgIpc) is 2.73. The van der Waals surface area contributed by atoms with E-state index in [0.717, 1.165) is 18.4 Å². The lowest BCUT2D eigenvalue weighted by atomic mass is 9.93. The summed E-state index contributed by atoms with van der Waals surface area (Å²) in [6, 6.07) is 25.8. The van der Waals surface area contributed by atoms with E-state index < -0.39 is 0 Å². The van der Waals surface area contributed by atoms with E-state index in [4.69, 9.17) is 0 Å². The molecule has 5 heteroatoms. The molecule has 5 nitrogen and oxygen atoms in total. The van der Waals surface area contributed by atoms with Crippen LogP contribution >= 0.6 is 0 Å². The van der Waals surface area contributed by atoms with E-state index in [9.17, 15) is 9.59 Å². The summed E-state index contributed by atoms with van der Waals surface area (Å²) in [6.07, 6.45) is 1.68. The number of hydrogen-bond acceptors (Lipinski definition) is 2. The van der Waals surface area contributed by atoms with E-state index in [2.05, 4.69) is 22.9 Å². The highest BCUT2D eigenvalue weighted by Crippen LogP contribution is 2.24. The molecule has 0 saturated heterocycles. The van der Waals surface area contributed by atoms with Gasteiger partial charge in [0, 0.05) is 17.1 Å². The van der Waals surface area contributed by atoms with Gasteiger partial charge in [0.1, 0.15) is 0 Å². The molecule has 148 valence electrons. The first-order chi connectivity index (χ1) is 14.2. The number of carbonyl (C=O) groups excluding carboxylic acids is 2. The summed E-state index contributed by atoms with van der Waals surface area (Å²) in [6.45, 7) is 2.07. The fraction of sp³-hybridized carbons (Fsp3) is 0.167. The number of amides is 3. The number of anilines is 3. The van der Waals surface area contributed by atoms with Crippen LogP contribution in [0, 0.1) is 0 Å².